The van der Waals surface area contributed by atoms with E-state index in [1.165, 1.54) is 22.5 Å². The molecule has 2 aromatic carbocycles. The average Bonchev–Trinajstić information content (AvgIpc) is 3.09. The summed E-state index contributed by atoms with van der Waals surface area (Å²) in [5.41, 5.74) is 1.89. The Labute approximate surface area is 198 Å². The van der Waals surface area contributed by atoms with Crippen molar-refractivity contribution in [3.63, 3.8) is 0 Å². The van der Waals surface area contributed by atoms with Gasteiger partial charge in [0.25, 0.3) is 11.7 Å². The molecule has 0 atom stereocenters. The number of para-hydroxylation sites is 1. The van der Waals surface area contributed by atoms with Crippen molar-refractivity contribution in [2.24, 2.45) is 0 Å². The van der Waals surface area contributed by atoms with Crippen molar-refractivity contribution in [3.05, 3.63) is 70.5 Å². The van der Waals surface area contributed by atoms with Gasteiger partial charge in [-0.3, -0.25) is 9.59 Å². The molecule has 0 fully saturated rings. The molecule has 1 aromatic heterocycles. The van der Waals surface area contributed by atoms with Gasteiger partial charge in [0.15, 0.2) is 0 Å². The van der Waals surface area contributed by atoms with Gasteiger partial charge in [0.1, 0.15) is 0 Å². The number of anilines is 1. The summed E-state index contributed by atoms with van der Waals surface area (Å²) in [6.45, 7) is 7.42. The quantitative estimate of drug-likeness (QED) is 0.381. The number of amides is 1. The average molecular weight is 489 g/mol. The van der Waals surface area contributed by atoms with Gasteiger partial charge in [-0.2, -0.15) is 9.40 Å². The summed E-state index contributed by atoms with van der Waals surface area (Å²) in [5.74, 6) is -1.73. The van der Waals surface area contributed by atoms with Crippen molar-refractivity contribution < 1.29 is 18.0 Å². The Morgan fingerprint density at radius 2 is 1.70 bits per heavy atom. The number of carbonyl (C=O) groups is 2. The van der Waals surface area contributed by atoms with Crippen molar-refractivity contribution in [1.29, 1.82) is 0 Å². The van der Waals surface area contributed by atoms with Crippen LogP contribution in [0.2, 0.25) is 5.02 Å². The first kappa shape index (κ1) is 24.6. The van der Waals surface area contributed by atoms with E-state index in [0.29, 0.717) is 24.5 Å². The van der Waals surface area contributed by atoms with Crippen LogP contribution in [0.4, 0.5) is 5.69 Å². The Kier molecular flexibility index (Phi) is 7.36. The molecule has 1 N–H and O–H groups in total. The van der Waals surface area contributed by atoms with Gasteiger partial charge in [-0.15, -0.1) is 0 Å². The number of halogens is 1. The van der Waals surface area contributed by atoms with Crippen LogP contribution in [0.5, 0.6) is 0 Å². The predicted octanol–water partition coefficient (Wildman–Crippen LogP) is 3.99. The summed E-state index contributed by atoms with van der Waals surface area (Å²) >= 11 is 6.18. The van der Waals surface area contributed by atoms with Crippen LogP contribution < -0.4 is 5.32 Å². The van der Waals surface area contributed by atoms with E-state index < -0.39 is 21.7 Å². The van der Waals surface area contributed by atoms with Crippen LogP contribution >= 0.6 is 11.6 Å². The lowest BCUT2D eigenvalue weighted by atomic mass is 10.1. The van der Waals surface area contributed by atoms with Crippen LogP contribution in [0.25, 0.3) is 5.69 Å². The second-order valence-electron chi connectivity index (χ2n) is 7.31. The zero-order chi connectivity index (χ0) is 24.3. The lowest BCUT2D eigenvalue weighted by molar-refractivity contribution is -0.112. The molecule has 3 aromatic rings. The van der Waals surface area contributed by atoms with Crippen molar-refractivity contribution in [2.75, 3.05) is 18.4 Å². The molecule has 1 amide bonds. The van der Waals surface area contributed by atoms with E-state index in [1.807, 2.05) is 30.3 Å². The van der Waals surface area contributed by atoms with Gasteiger partial charge in [0.05, 0.1) is 38.2 Å². The predicted molar refractivity (Wildman–Crippen MR) is 128 cm³/mol. The Balaban J connectivity index is 1.91. The Morgan fingerprint density at radius 1 is 1.06 bits per heavy atom. The molecule has 0 unspecified atom stereocenters. The van der Waals surface area contributed by atoms with Crippen LogP contribution in [0, 0.1) is 13.8 Å². The summed E-state index contributed by atoms with van der Waals surface area (Å²) in [6, 6.07) is 13.3. The highest BCUT2D eigenvalue weighted by Crippen LogP contribution is 2.27. The lowest BCUT2D eigenvalue weighted by Crippen LogP contribution is -2.30. The van der Waals surface area contributed by atoms with Gasteiger partial charge < -0.3 is 5.32 Å². The molecule has 0 aliphatic carbocycles. The molecule has 10 heteroatoms. The van der Waals surface area contributed by atoms with E-state index in [-0.39, 0.29) is 21.2 Å². The summed E-state index contributed by atoms with van der Waals surface area (Å²) in [7, 11) is -3.76. The molecule has 8 nitrogen and oxygen atoms in total. The summed E-state index contributed by atoms with van der Waals surface area (Å²) in [6.07, 6.45) is 0. The van der Waals surface area contributed by atoms with Crippen molar-refractivity contribution in [1.82, 2.24) is 14.1 Å². The third kappa shape index (κ3) is 4.85. The van der Waals surface area contributed by atoms with E-state index in [4.69, 9.17) is 11.6 Å². The highest BCUT2D eigenvalue weighted by molar-refractivity contribution is 7.89. The minimum absolute atomic E-state index is 0.0254. The molecule has 174 valence electrons. The van der Waals surface area contributed by atoms with Crippen LogP contribution in [0.15, 0.2) is 53.4 Å². The van der Waals surface area contributed by atoms with Gasteiger partial charge in [-0.05, 0) is 44.2 Å². The fraction of sp³-hybridized carbons (Fsp3) is 0.261. The van der Waals surface area contributed by atoms with E-state index in [2.05, 4.69) is 10.4 Å². The number of aryl methyl sites for hydroxylation is 1. The van der Waals surface area contributed by atoms with Crippen molar-refractivity contribution >= 4 is 39.0 Å². The number of benzene rings is 2. The molecule has 1 heterocycles. The van der Waals surface area contributed by atoms with Gasteiger partial charge in [0, 0.05) is 13.1 Å². The molecule has 0 aliphatic rings. The molecular weight excluding hydrogens is 464 g/mol. The van der Waals surface area contributed by atoms with Crippen molar-refractivity contribution in [3.8, 4) is 5.69 Å². The van der Waals surface area contributed by atoms with Crippen molar-refractivity contribution in [2.45, 2.75) is 32.6 Å². The van der Waals surface area contributed by atoms with E-state index in [0.717, 1.165) is 5.69 Å². The minimum atomic E-state index is -3.76. The maximum Gasteiger partial charge on any atom is 0.296 e. The van der Waals surface area contributed by atoms with Crippen LogP contribution in [0.3, 0.4) is 0 Å². The fourth-order valence-corrected chi connectivity index (χ4v) is 5.21. The Hall–Kier alpha value is -3.01. The molecule has 0 aliphatic heterocycles. The van der Waals surface area contributed by atoms with E-state index >= 15 is 0 Å². The summed E-state index contributed by atoms with van der Waals surface area (Å²) in [5, 5.41) is 6.97. The number of carbonyl (C=O) groups excluding carboxylic acids is 2. The minimum Gasteiger partial charge on any atom is -0.318 e. The van der Waals surface area contributed by atoms with Crippen LogP contribution in [-0.4, -0.2) is 47.3 Å². The van der Waals surface area contributed by atoms with E-state index in [1.54, 1.807) is 32.4 Å². The number of aromatic nitrogens is 2. The van der Waals surface area contributed by atoms with Gasteiger partial charge >= 0.3 is 0 Å². The number of hydrogen-bond donors (Lipinski definition) is 1. The maximum absolute atomic E-state index is 13.0. The Bertz CT molecular complexity index is 1300. The van der Waals surface area contributed by atoms with Crippen LogP contribution in [-0.2, 0) is 14.8 Å². The lowest BCUT2D eigenvalue weighted by Gasteiger charge is -2.19. The number of hydrogen-bond acceptors (Lipinski definition) is 5. The molecule has 3 rings (SSSR count). The third-order valence-corrected chi connectivity index (χ3v) is 7.63. The fourth-order valence-electron chi connectivity index (χ4n) is 3.56. The molecule has 0 saturated heterocycles. The zero-order valence-corrected chi connectivity index (χ0v) is 20.4. The second kappa shape index (κ2) is 9.86. The molecule has 0 radical (unpaired) electrons. The van der Waals surface area contributed by atoms with Gasteiger partial charge in [-0.25, -0.2) is 13.1 Å². The first-order valence-corrected chi connectivity index (χ1v) is 12.2. The van der Waals surface area contributed by atoms with Crippen LogP contribution in [0.1, 0.15) is 35.6 Å². The highest BCUT2D eigenvalue weighted by Gasteiger charge is 2.27. The SMILES string of the molecule is CCN(CC)S(=O)(=O)c1ccc(Cl)c(NC(=O)C(=O)c2c(C)nn(-c3ccccc3)c2C)c1. The smallest absolute Gasteiger partial charge is 0.296 e. The number of rotatable bonds is 8. The number of ketones is 1. The normalized spacial score (nSPS) is 11.6. The molecule has 0 bridgehead atoms. The molecule has 0 saturated carbocycles. The molecule has 0 spiro atoms. The maximum atomic E-state index is 13.0. The standard InChI is InChI=1S/C23H25ClN4O4S/c1-5-27(6-2)33(31,32)18-12-13-19(24)20(14-18)25-23(30)22(29)21-15(3)26-28(16(21)4)17-10-8-7-9-11-17/h7-14H,5-6H2,1-4H3,(H,25,30). The largest absolute Gasteiger partial charge is 0.318 e. The molecule has 33 heavy (non-hydrogen) atoms. The number of nitrogens with zero attached hydrogens (tertiary/aromatic N) is 3. The third-order valence-electron chi connectivity index (χ3n) is 5.25. The highest BCUT2D eigenvalue weighted by atomic mass is 35.5. The first-order valence-electron chi connectivity index (χ1n) is 10.4. The molecular formula is C23H25ClN4O4S. The zero-order valence-electron chi connectivity index (χ0n) is 18.8. The number of sulfonamides is 1. The number of Topliss-reactive ketones (excluding diaryl/α,β-unsaturated/α-hetero) is 1. The van der Waals surface area contributed by atoms with E-state index in [9.17, 15) is 18.0 Å². The van der Waals surface area contributed by atoms with Gasteiger partial charge in [-0.1, -0.05) is 43.6 Å². The Morgan fingerprint density at radius 3 is 2.30 bits per heavy atom. The van der Waals surface area contributed by atoms with Gasteiger partial charge in [0.2, 0.25) is 10.0 Å². The summed E-state index contributed by atoms with van der Waals surface area (Å²) in [4.78, 5) is 25.8. The number of nitrogens with one attached hydrogen (secondary N) is 1. The monoisotopic (exact) mass is 488 g/mol. The second-order valence-corrected chi connectivity index (χ2v) is 9.65. The summed E-state index contributed by atoms with van der Waals surface area (Å²) < 4.78 is 28.5. The topological polar surface area (TPSA) is 101 Å². The first-order chi connectivity index (χ1) is 15.6.